The topological polar surface area (TPSA) is 66.6 Å². The predicted octanol–water partition coefficient (Wildman–Crippen LogP) is 1.39. The van der Waals surface area contributed by atoms with E-state index in [1.807, 2.05) is 26.0 Å². The molecule has 118 valence electrons. The minimum atomic E-state index is -3.43. The van der Waals surface area contributed by atoms with Crippen LogP contribution in [-0.4, -0.2) is 50.0 Å². The van der Waals surface area contributed by atoms with Crippen LogP contribution in [0.5, 0.6) is 0 Å². The first-order valence-corrected chi connectivity index (χ1v) is 8.93. The Morgan fingerprint density at radius 3 is 2.52 bits per heavy atom. The summed E-state index contributed by atoms with van der Waals surface area (Å²) in [6.45, 7) is 6.90. The van der Waals surface area contributed by atoms with E-state index >= 15 is 0 Å². The number of sulfonamides is 1. The number of aryl methyl sites for hydroxylation is 1. The number of benzene rings is 1. The summed E-state index contributed by atoms with van der Waals surface area (Å²) in [6.07, 6.45) is 1.64. The summed E-state index contributed by atoms with van der Waals surface area (Å²) in [7, 11) is -3.43. The molecule has 6 heteroatoms. The highest BCUT2D eigenvalue weighted by molar-refractivity contribution is 7.89. The van der Waals surface area contributed by atoms with Gasteiger partial charge in [-0.05, 0) is 45.4 Å². The molecule has 1 aromatic rings. The van der Waals surface area contributed by atoms with Crippen LogP contribution in [0, 0.1) is 6.92 Å². The fraction of sp³-hybridized carbons (Fsp3) is 0.600. The van der Waals surface area contributed by atoms with Gasteiger partial charge in [-0.2, -0.15) is 4.31 Å². The van der Waals surface area contributed by atoms with Gasteiger partial charge >= 0.3 is 0 Å². The van der Waals surface area contributed by atoms with E-state index in [0.717, 1.165) is 31.5 Å². The van der Waals surface area contributed by atoms with Crippen molar-refractivity contribution < 1.29 is 8.42 Å². The summed E-state index contributed by atoms with van der Waals surface area (Å²) < 4.78 is 27.2. The Morgan fingerprint density at radius 1 is 1.24 bits per heavy atom. The first kappa shape index (κ1) is 16.4. The Bertz CT molecular complexity index is 557. The lowest BCUT2D eigenvalue weighted by Crippen LogP contribution is -2.54. The fourth-order valence-electron chi connectivity index (χ4n) is 2.75. The average molecular weight is 311 g/mol. The zero-order valence-electron chi connectivity index (χ0n) is 12.8. The Hall–Kier alpha value is -0.950. The molecule has 1 aromatic carbocycles. The van der Waals surface area contributed by atoms with Crippen molar-refractivity contribution in [2.45, 2.75) is 37.8 Å². The molecule has 0 radical (unpaired) electrons. The maximum Gasteiger partial charge on any atom is 0.244 e. The molecule has 1 atom stereocenters. The third-order valence-electron chi connectivity index (χ3n) is 4.05. The minimum absolute atomic E-state index is 0.114. The van der Waals surface area contributed by atoms with Crippen molar-refractivity contribution in [3.05, 3.63) is 29.8 Å². The molecule has 21 heavy (non-hydrogen) atoms. The van der Waals surface area contributed by atoms with Crippen LogP contribution < -0.4 is 5.73 Å². The summed E-state index contributed by atoms with van der Waals surface area (Å²) in [5.41, 5.74) is 6.62. The largest absolute Gasteiger partial charge is 0.330 e. The van der Waals surface area contributed by atoms with Crippen LogP contribution in [0.25, 0.3) is 0 Å². The molecule has 0 aromatic heterocycles. The standard InChI is InChI=1S/C15H25N3O2S/c1-13-5-7-15(8-6-13)21(19,20)18-12-4-11-17(14(18)2)10-3-9-16/h5-8,14H,3-4,9-12,16H2,1-2H3. The Kier molecular flexibility index (Phi) is 5.37. The van der Waals surface area contributed by atoms with Gasteiger partial charge in [0.25, 0.3) is 0 Å². The van der Waals surface area contributed by atoms with Gasteiger partial charge in [0.05, 0.1) is 11.1 Å². The second kappa shape index (κ2) is 6.87. The van der Waals surface area contributed by atoms with Gasteiger partial charge in [-0.15, -0.1) is 0 Å². The van der Waals surface area contributed by atoms with Crippen LogP contribution >= 0.6 is 0 Å². The van der Waals surface area contributed by atoms with Crippen LogP contribution in [0.15, 0.2) is 29.2 Å². The number of hydrogen-bond donors (Lipinski definition) is 1. The predicted molar refractivity (Wildman–Crippen MR) is 84.4 cm³/mol. The fourth-order valence-corrected chi connectivity index (χ4v) is 4.40. The number of nitrogens with two attached hydrogens (primary N) is 1. The van der Waals surface area contributed by atoms with Crippen molar-refractivity contribution in [2.24, 2.45) is 5.73 Å². The molecule has 1 unspecified atom stereocenters. The van der Waals surface area contributed by atoms with Crippen LogP contribution in [0.3, 0.4) is 0 Å². The second-order valence-corrected chi connectivity index (χ2v) is 7.48. The molecule has 1 aliphatic heterocycles. The smallest absolute Gasteiger partial charge is 0.244 e. The van der Waals surface area contributed by atoms with Crippen molar-refractivity contribution >= 4 is 10.0 Å². The summed E-state index contributed by atoms with van der Waals surface area (Å²) in [5, 5.41) is 0. The summed E-state index contributed by atoms with van der Waals surface area (Å²) >= 11 is 0. The van der Waals surface area contributed by atoms with Crippen molar-refractivity contribution in [1.29, 1.82) is 0 Å². The van der Waals surface area contributed by atoms with Crippen LogP contribution in [0.4, 0.5) is 0 Å². The lowest BCUT2D eigenvalue weighted by Gasteiger charge is -2.41. The lowest BCUT2D eigenvalue weighted by molar-refractivity contribution is 0.0730. The van der Waals surface area contributed by atoms with Gasteiger partial charge in [0, 0.05) is 19.6 Å². The first-order valence-electron chi connectivity index (χ1n) is 7.49. The van der Waals surface area contributed by atoms with Crippen molar-refractivity contribution in [3.63, 3.8) is 0 Å². The maximum absolute atomic E-state index is 12.8. The molecule has 1 aliphatic rings. The van der Waals surface area contributed by atoms with Gasteiger partial charge in [-0.1, -0.05) is 17.7 Å². The second-order valence-electron chi connectivity index (χ2n) is 5.59. The molecular weight excluding hydrogens is 286 g/mol. The Labute approximate surface area is 127 Å². The number of nitrogens with zero attached hydrogens (tertiary/aromatic N) is 2. The normalized spacial score (nSPS) is 21.6. The van der Waals surface area contributed by atoms with E-state index in [4.69, 9.17) is 5.73 Å². The molecule has 0 saturated carbocycles. The molecule has 1 saturated heterocycles. The molecule has 0 bridgehead atoms. The van der Waals surface area contributed by atoms with Gasteiger partial charge in [0.1, 0.15) is 0 Å². The van der Waals surface area contributed by atoms with E-state index in [1.54, 1.807) is 16.4 Å². The molecule has 0 spiro atoms. The van der Waals surface area contributed by atoms with E-state index in [0.29, 0.717) is 18.0 Å². The van der Waals surface area contributed by atoms with E-state index < -0.39 is 10.0 Å². The van der Waals surface area contributed by atoms with Crippen LogP contribution in [0.2, 0.25) is 0 Å². The zero-order valence-corrected chi connectivity index (χ0v) is 13.6. The Morgan fingerprint density at radius 2 is 1.90 bits per heavy atom. The summed E-state index contributed by atoms with van der Waals surface area (Å²) in [5.74, 6) is 0. The van der Waals surface area contributed by atoms with Crippen LogP contribution in [-0.2, 0) is 10.0 Å². The zero-order chi connectivity index (χ0) is 15.5. The molecule has 0 amide bonds. The third-order valence-corrected chi connectivity index (χ3v) is 6.02. The molecule has 1 heterocycles. The molecule has 5 nitrogen and oxygen atoms in total. The SMILES string of the molecule is Cc1ccc(S(=O)(=O)N2CCCN(CCCN)C2C)cc1. The molecule has 1 fully saturated rings. The van der Waals surface area contributed by atoms with Crippen molar-refractivity contribution in [3.8, 4) is 0 Å². The Balaban J connectivity index is 2.20. The first-order chi connectivity index (χ1) is 9.96. The van der Waals surface area contributed by atoms with Crippen molar-refractivity contribution in [1.82, 2.24) is 9.21 Å². The minimum Gasteiger partial charge on any atom is -0.330 e. The maximum atomic E-state index is 12.8. The highest BCUT2D eigenvalue weighted by Crippen LogP contribution is 2.24. The van der Waals surface area contributed by atoms with Gasteiger partial charge in [0.2, 0.25) is 10.0 Å². The van der Waals surface area contributed by atoms with E-state index in [2.05, 4.69) is 4.90 Å². The molecule has 2 N–H and O–H groups in total. The third kappa shape index (κ3) is 3.63. The summed E-state index contributed by atoms with van der Waals surface area (Å²) in [6, 6.07) is 7.06. The average Bonchev–Trinajstić information content (AvgIpc) is 2.46. The molecular formula is C15H25N3O2S. The highest BCUT2D eigenvalue weighted by Gasteiger charge is 2.34. The molecule has 0 aliphatic carbocycles. The lowest BCUT2D eigenvalue weighted by atomic mass is 10.2. The molecule has 2 rings (SSSR count). The van der Waals surface area contributed by atoms with Crippen LogP contribution in [0.1, 0.15) is 25.3 Å². The van der Waals surface area contributed by atoms with E-state index in [9.17, 15) is 8.42 Å². The monoisotopic (exact) mass is 311 g/mol. The quantitative estimate of drug-likeness (QED) is 0.892. The van der Waals surface area contributed by atoms with E-state index in [1.165, 1.54) is 0 Å². The number of hydrogen-bond acceptors (Lipinski definition) is 4. The summed E-state index contributed by atoms with van der Waals surface area (Å²) in [4.78, 5) is 2.57. The van der Waals surface area contributed by atoms with Gasteiger partial charge < -0.3 is 5.73 Å². The van der Waals surface area contributed by atoms with E-state index in [-0.39, 0.29) is 6.17 Å². The van der Waals surface area contributed by atoms with Gasteiger partial charge in [-0.3, -0.25) is 4.90 Å². The number of rotatable bonds is 5. The van der Waals surface area contributed by atoms with Gasteiger partial charge in [0.15, 0.2) is 0 Å². The highest BCUT2D eigenvalue weighted by atomic mass is 32.2. The van der Waals surface area contributed by atoms with Gasteiger partial charge in [-0.25, -0.2) is 8.42 Å². The van der Waals surface area contributed by atoms with Crippen molar-refractivity contribution in [2.75, 3.05) is 26.2 Å².